The molecule has 0 atom stereocenters. The molecule has 2 nitrogen and oxygen atoms in total. The highest BCUT2D eigenvalue weighted by molar-refractivity contribution is 5.66. The van der Waals surface area contributed by atoms with E-state index in [1.165, 1.54) is 5.56 Å². The third kappa shape index (κ3) is 2.34. The van der Waals surface area contributed by atoms with E-state index in [0.717, 1.165) is 12.4 Å². The van der Waals surface area contributed by atoms with Crippen molar-refractivity contribution in [1.29, 1.82) is 0 Å². The number of aromatic nitrogens is 2. The first-order valence-corrected chi connectivity index (χ1v) is 5.14. The van der Waals surface area contributed by atoms with E-state index in [9.17, 15) is 0 Å². The van der Waals surface area contributed by atoms with Gasteiger partial charge in [-0.2, -0.15) is 0 Å². The molecule has 2 aromatic rings. The molecule has 0 saturated carbocycles. The Kier molecular flexibility index (Phi) is 2.98. The van der Waals surface area contributed by atoms with Crippen molar-refractivity contribution in [3.63, 3.8) is 0 Å². The molecule has 0 radical (unpaired) electrons. The molecule has 2 rings (SSSR count). The van der Waals surface area contributed by atoms with Gasteiger partial charge in [0.1, 0.15) is 5.82 Å². The number of hydrogen-bond acceptors (Lipinski definition) is 1. The standard InChI is InChI=1S/C13H14N2/c1-2-15-11-10-14-13(15)9-8-12-6-4-3-5-7-12/h3-11H,2H2,1H3. The summed E-state index contributed by atoms with van der Waals surface area (Å²) in [6.07, 6.45) is 7.94. The van der Waals surface area contributed by atoms with Crippen molar-refractivity contribution < 1.29 is 0 Å². The van der Waals surface area contributed by atoms with Crippen LogP contribution < -0.4 is 0 Å². The number of rotatable bonds is 3. The van der Waals surface area contributed by atoms with Crippen LogP contribution in [0.2, 0.25) is 0 Å². The second-order valence-corrected chi connectivity index (χ2v) is 3.32. The molecule has 0 fully saturated rings. The third-order valence-corrected chi connectivity index (χ3v) is 2.31. The van der Waals surface area contributed by atoms with Crippen LogP contribution in [0.1, 0.15) is 18.3 Å². The Hall–Kier alpha value is -1.83. The molecule has 1 aromatic carbocycles. The zero-order valence-corrected chi connectivity index (χ0v) is 8.80. The van der Waals surface area contributed by atoms with Gasteiger partial charge in [-0.25, -0.2) is 4.98 Å². The van der Waals surface area contributed by atoms with Gasteiger partial charge in [-0.05, 0) is 18.6 Å². The van der Waals surface area contributed by atoms with Gasteiger partial charge in [-0.15, -0.1) is 0 Å². The Morgan fingerprint density at radius 1 is 1.20 bits per heavy atom. The summed E-state index contributed by atoms with van der Waals surface area (Å²) < 4.78 is 2.11. The van der Waals surface area contributed by atoms with Gasteiger partial charge in [0.2, 0.25) is 0 Å². The summed E-state index contributed by atoms with van der Waals surface area (Å²) in [5.41, 5.74) is 1.20. The van der Waals surface area contributed by atoms with Crippen LogP contribution in [0.5, 0.6) is 0 Å². The fourth-order valence-corrected chi connectivity index (χ4v) is 1.48. The van der Waals surface area contributed by atoms with Crippen LogP contribution in [0.4, 0.5) is 0 Å². The molecule has 0 amide bonds. The summed E-state index contributed by atoms with van der Waals surface area (Å²) in [6.45, 7) is 3.07. The van der Waals surface area contributed by atoms with Crippen LogP contribution in [-0.4, -0.2) is 9.55 Å². The summed E-state index contributed by atoms with van der Waals surface area (Å²) in [6, 6.07) is 10.2. The van der Waals surface area contributed by atoms with Crippen molar-refractivity contribution in [3.8, 4) is 0 Å². The predicted molar refractivity (Wildman–Crippen MR) is 63.3 cm³/mol. The van der Waals surface area contributed by atoms with Crippen molar-refractivity contribution in [2.75, 3.05) is 0 Å². The van der Waals surface area contributed by atoms with Gasteiger partial charge in [0.25, 0.3) is 0 Å². The zero-order valence-electron chi connectivity index (χ0n) is 8.80. The zero-order chi connectivity index (χ0) is 10.5. The van der Waals surface area contributed by atoms with E-state index in [4.69, 9.17) is 0 Å². The molecule has 0 aliphatic rings. The minimum absolute atomic E-state index is 0.953. The lowest BCUT2D eigenvalue weighted by molar-refractivity contribution is 0.753. The SMILES string of the molecule is CCn1ccnc1C=Cc1ccccc1. The maximum Gasteiger partial charge on any atom is 0.132 e. The maximum absolute atomic E-state index is 4.28. The smallest absolute Gasteiger partial charge is 0.132 e. The summed E-state index contributed by atoms with van der Waals surface area (Å²) in [5.74, 6) is 1.00. The van der Waals surface area contributed by atoms with Gasteiger partial charge in [-0.3, -0.25) is 0 Å². The number of imidazole rings is 1. The van der Waals surface area contributed by atoms with Gasteiger partial charge < -0.3 is 4.57 Å². The summed E-state index contributed by atoms with van der Waals surface area (Å²) >= 11 is 0. The van der Waals surface area contributed by atoms with Crippen LogP contribution >= 0.6 is 0 Å². The van der Waals surface area contributed by atoms with E-state index in [0.29, 0.717) is 0 Å². The fraction of sp³-hybridized carbons (Fsp3) is 0.154. The summed E-state index contributed by atoms with van der Waals surface area (Å²) in [5, 5.41) is 0. The predicted octanol–water partition coefficient (Wildman–Crippen LogP) is 3.07. The van der Waals surface area contributed by atoms with Gasteiger partial charge in [0.15, 0.2) is 0 Å². The van der Waals surface area contributed by atoms with E-state index in [2.05, 4.69) is 34.7 Å². The highest BCUT2D eigenvalue weighted by atomic mass is 15.0. The highest BCUT2D eigenvalue weighted by Crippen LogP contribution is 2.06. The molecule has 0 spiro atoms. The third-order valence-electron chi connectivity index (χ3n) is 2.31. The van der Waals surface area contributed by atoms with Crippen molar-refractivity contribution >= 4 is 12.2 Å². The van der Waals surface area contributed by atoms with Crippen LogP contribution in [0.25, 0.3) is 12.2 Å². The first-order chi connectivity index (χ1) is 7.40. The molecule has 1 aromatic heterocycles. The lowest BCUT2D eigenvalue weighted by Crippen LogP contribution is -1.94. The Morgan fingerprint density at radius 2 is 2.00 bits per heavy atom. The van der Waals surface area contributed by atoms with Crippen molar-refractivity contribution in [2.45, 2.75) is 13.5 Å². The molecule has 0 saturated heterocycles. The van der Waals surface area contributed by atoms with Crippen LogP contribution in [0, 0.1) is 0 Å². The van der Waals surface area contributed by atoms with E-state index in [-0.39, 0.29) is 0 Å². The molecule has 76 valence electrons. The average Bonchev–Trinajstić information content (AvgIpc) is 2.75. The molecular weight excluding hydrogens is 184 g/mol. The van der Waals surface area contributed by atoms with Crippen molar-refractivity contribution in [2.24, 2.45) is 0 Å². The fourth-order valence-electron chi connectivity index (χ4n) is 1.48. The second kappa shape index (κ2) is 4.60. The molecule has 0 N–H and O–H groups in total. The number of benzene rings is 1. The van der Waals surface area contributed by atoms with Crippen LogP contribution in [0.3, 0.4) is 0 Å². The quantitative estimate of drug-likeness (QED) is 0.741. The summed E-state index contributed by atoms with van der Waals surface area (Å²) in [7, 11) is 0. The van der Waals surface area contributed by atoms with E-state index in [1.54, 1.807) is 0 Å². The Bertz CT molecular complexity index is 441. The molecular formula is C13H14N2. The molecule has 0 aliphatic heterocycles. The van der Waals surface area contributed by atoms with Crippen molar-refractivity contribution in [3.05, 3.63) is 54.1 Å². The largest absolute Gasteiger partial charge is 0.332 e. The Morgan fingerprint density at radius 3 is 2.73 bits per heavy atom. The van der Waals surface area contributed by atoms with Gasteiger partial charge in [0, 0.05) is 18.9 Å². The first-order valence-electron chi connectivity index (χ1n) is 5.14. The maximum atomic E-state index is 4.28. The van der Waals surface area contributed by atoms with Gasteiger partial charge in [0.05, 0.1) is 0 Å². The van der Waals surface area contributed by atoms with E-state index < -0.39 is 0 Å². The summed E-state index contributed by atoms with van der Waals surface area (Å²) in [4.78, 5) is 4.28. The van der Waals surface area contributed by atoms with Crippen molar-refractivity contribution in [1.82, 2.24) is 9.55 Å². The monoisotopic (exact) mass is 198 g/mol. The van der Waals surface area contributed by atoms with Crippen LogP contribution in [0.15, 0.2) is 42.7 Å². The lowest BCUT2D eigenvalue weighted by Gasteiger charge is -1.98. The van der Waals surface area contributed by atoms with Gasteiger partial charge >= 0.3 is 0 Å². The topological polar surface area (TPSA) is 17.8 Å². The minimum atomic E-state index is 0.953. The second-order valence-electron chi connectivity index (χ2n) is 3.32. The highest BCUT2D eigenvalue weighted by Gasteiger charge is 1.94. The molecule has 0 unspecified atom stereocenters. The lowest BCUT2D eigenvalue weighted by atomic mass is 10.2. The van der Waals surface area contributed by atoms with Gasteiger partial charge in [-0.1, -0.05) is 36.4 Å². The molecule has 0 aliphatic carbocycles. The average molecular weight is 198 g/mol. The Labute approximate surface area is 89.9 Å². The van der Waals surface area contributed by atoms with Crippen LogP contribution in [-0.2, 0) is 6.54 Å². The number of hydrogen-bond donors (Lipinski definition) is 0. The molecule has 2 heteroatoms. The number of aryl methyl sites for hydroxylation is 1. The Balaban J connectivity index is 2.19. The number of nitrogens with zero attached hydrogens (tertiary/aromatic N) is 2. The van der Waals surface area contributed by atoms with E-state index in [1.807, 2.05) is 36.7 Å². The molecule has 1 heterocycles. The minimum Gasteiger partial charge on any atom is -0.332 e. The normalized spacial score (nSPS) is 11.0. The molecule has 15 heavy (non-hydrogen) atoms. The first kappa shape index (κ1) is 9.71. The van der Waals surface area contributed by atoms with E-state index >= 15 is 0 Å². The molecule has 0 bridgehead atoms.